The van der Waals surface area contributed by atoms with Crippen LogP contribution in [0.2, 0.25) is 0 Å². The Bertz CT molecular complexity index is 539. The number of benzene rings is 1. The molecule has 0 amide bonds. The lowest BCUT2D eigenvalue weighted by molar-refractivity contribution is 0.119. The number of hydrogen-bond donors (Lipinski definition) is 1. The largest absolute Gasteiger partial charge is 0.377 e. The molecule has 1 heterocycles. The monoisotopic (exact) mass is 286 g/mol. The molecule has 0 radical (unpaired) electrons. The van der Waals surface area contributed by atoms with Crippen molar-refractivity contribution in [1.82, 2.24) is 9.97 Å². The van der Waals surface area contributed by atoms with Gasteiger partial charge in [-0.25, -0.2) is 15.8 Å². The van der Waals surface area contributed by atoms with Gasteiger partial charge >= 0.3 is 0 Å². The van der Waals surface area contributed by atoms with Crippen LogP contribution in [0.15, 0.2) is 36.4 Å². The Morgan fingerprint density at radius 2 is 1.76 bits per heavy atom. The number of rotatable bonds is 7. The van der Waals surface area contributed by atoms with Gasteiger partial charge in [-0.2, -0.15) is 0 Å². The van der Waals surface area contributed by atoms with Crippen molar-refractivity contribution < 1.29 is 4.74 Å². The molecule has 1 aromatic carbocycles. The third kappa shape index (κ3) is 5.13. The van der Waals surface area contributed by atoms with Crippen LogP contribution in [0.25, 0.3) is 0 Å². The highest BCUT2D eigenvalue weighted by molar-refractivity contribution is 5.29. The van der Waals surface area contributed by atoms with Gasteiger partial charge in [0, 0.05) is 24.5 Å². The molecule has 0 unspecified atom stereocenters. The minimum absolute atomic E-state index is 0.565. The number of hydrogen-bond acceptors (Lipinski definition) is 5. The van der Waals surface area contributed by atoms with Crippen LogP contribution in [0, 0.1) is 13.8 Å². The fourth-order valence-corrected chi connectivity index (χ4v) is 2.04. The fourth-order valence-electron chi connectivity index (χ4n) is 2.04. The van der Waals surface area contributed by atoms with Crippen molar-refractivity contribution in [3.8, 4) is 0 Å². The highest BCUT2D eigenvalue weighted by atomic mass is 16.5. The van der Waals surface area contributed by atoms with Crippen molar-refractivity contribution >= 4 is 5.95 Å². The van der Waals surface area contributed by atoms with E-state index in [2.05, 4.69) is 22.1 Å². The quantitative estimate of drug-likeness (QED) is 0.481. The maximum atomic E-state index is 5.98. The molecular formula is C16H22N4O. The molecule has 21 heavy (non-hydrogen) atoms. The van der Waals surface area contributed by atoms with Crippen LogP contribution in [-0.2, 0) is 11.3 Å². The molecule has 5 heteroatoms. The first-order valence-electron chi connectivity index (χ1n) is 7.11. The molecule has 2 N–H and O–H groups in total. The van der Waals surface area contributed by atoms with Crippen molar-refractivity contribution in [1.29, 1.82) is 0 Å². The van der Waals surface area contributed by atoms with Gasteiger partial charge in [-0.1, -0.05) is 30.3 Å². The van der Waals surface area contributed by atoms with Crippen molar-refractivity contribution in [2.45, 2.75) is 26.9 Å². The number of anilines is 1. The average Bonchev–Trinajstić information content (AvgIpc) is 2.47. The predicted octanol–water partition coefficient (Wildman–Crippen LogP) is 2.38. The fraction of sp³-hybridized carbons (Fsp3) is 0.375. The first-order chi connectivity index (χ1) is 10.1. The van der Waals surface area contributed by atoms with Crippen molar-refractivity contribution in [2.24, 2.45) is 5.84 Å². The molecule has 2 rings (SSSR count). The molecule has 0 aliphatic rings. The van der Waals surface area contributed by atoms with Crippen molar-refractivity contribution in [2.75, 3.05) is 18.2 Å². The van der Waals surface area contributed by atoms with E-state index in [1.807, 2.05) is 38.1 Å². The van der Waals surface area contributed by atoms with Crippen LogP contribution < -0.4 is 10.9 Å². The van der Waals surface area contributed by atoms with Crippen LogP contribution in [0.4, 0.5) is 5.95 Å². The molecule has 1 aromatic heterocycles. The highest BCUT2D eigenvalue weighted by Crippen LogP contribution is 2.07. The summed E-state index contributed by atoms with van der Waals surface area (Å²) < 4.78 is 5.63. The first-order valence-corrected chi connectivity index (χ1v) is 7.11. The van der Waals surface area contributed by atoms with Gasteiger partial charge in [0.25, 0.3) is 0 Å². The summed E-state index contributed by atoms with van der Waals surface area (Å²) in [4.78, 5) is 8.66. The van der Waals surface area contributed by atoms with E-state index in [9.17, 15) is 0 Å². The van der Waals surface area contributed by atoms with E-state index in [4.69, 9.17) is 10.6 Å². The van der Waals surface area contributed by atoms with Gasteiger partial charge < -0.3 is 4.74 Å². The van der Waals surface area contributed by atoms with Crippen LogP contribution in [0.1, 0.15) is 23.4 Å². The summed E-state index contributed by atoms with van der Waals surface area (Å²) in [5, 5.41) is 1.58. The summed E-state index contributed by atoms with van der Waals surface area (Å²) in [5.74, 6) is 6.54. The Kier molecular flexibility index (Phi) is 5.66. The molecule has 0 aliphatic carbocycles. The molecule has 0 spiro atoms. The third-order valence-corrected chi connectivity index (χ3v) is 3.03. The molecule has 2 aromatic rings. The first kappa shape index (κ1) is 15.4. The number of ether oxygens (including phenoxy) is 1. The average molecular weight is 286 g/mol. The third-order valence-electron chi connectivity index (χ3n) is 3.03. The number of nitrogens with two attached hydrogens (primary N) is 1. The standard InChI is InChI=1S/C16H22N4O/c1-13-11-14(2)19-16(18-13)20(17)9-6-10-21-12-15-7-4-3-5-8-15/h3-5,7-8,11H,6,9-10,12,17H2,1-2H3. The lowest BCUT2D eigenvalue weighted by Gasteiger charge is -2.17. The van der Waals surface area contributed by atoms with Gasteiger partial charge in [0.05, 0.1) is 6.61 Å². The van der Waals surface area contributed by atoms with Gasteiger partial charge in [-0.3, -0.25) is 5.01 Å². The van der Waals surface area contributed by atoms with E-state index in [1.54, 1.807) is 5.01 Å². The minimum atomic E-state index is 0.565. The van der Waals surface area contributed by atoms with Gasteiger partial charge in [-0.15, -0.1) is 0 Å². The lowest BCUT2D eigenvalue weighted by atomic mass is 10.2. The zero-order valence-electron chi connectivity index (χ0n) is 12.6. The smallest absolute Gasteiger partial charge is 0.240 e. The van der Waals surface area contributed by atoms with Crippen molar-refractivity contribution in [3.63, 3.8) is 0 Å². The van der Waals surface area contributed by atoms with E-state index in [0.29, 0.717) is 25.7 Å². The molecule has 0 saturated heterocycles. The van der Waals surface area contributed by atoms with Crippen LogP contribution in [0.3, 0.4) is 0 Å². The minimum Gasteiger partial charge on any atom is -0.377 e. The van der Waals surface area contributed by atoms with Crippen LogP contribution in [0.5, 0.6) is 0 Å². The van der Waals surface area contributed by atoms with E-state index >= 15 is 0 Å². The highest BCUT2D eigenvalue weighted by Gasteiger charge is 2.06. The topological polar surface area (TPSA) is 64.3 Å². The van der Waals surface area contributed by atoms with Crippen molar-refractivity contribution in [3.05, 3.63) is 53.3 Å². The van der Waals surface area contributed by atoms with Gasteiger partial charge in [-0.05, 0) is 31.9 Å². The van der Waals surface area contributed by atoms with Crippen LogP contribution in [-0.4, -0.2) is 23.1 Å². The summed E-state index contributed by atoms with van der Waals surface area (Å²) in [6.07, 6.45) is 0.833. The molecule has 0 bridgehead atoms. The molecule has 0 fully saturated rings. The molecule has 0 atom stereocenters. The summed E-state index contributed by atoms with van der Waals surface area (Å²) in [5.41, 5.74) is 3.03. The Hall–Kier alpha value is -1.98. The van der Waals surface area contributed by atoms with Gasteiger partial charge in [0.2, 0.25) is 5.95 Å². The Balaban J connectivity index is 1.70. The van der Waals surface area contributed by atoms with E-state index in [-0.39, 0.29) is 0 Å². The zero-order valence-corrected chi connectivity index (χ0v) is 12.6. The van der Waals surface area contributed by atoms with Crippen LogP contribution >= 0.6 is 0 Å². The molecular weight excluding hydrogens is 264 g/mol. The lowest BCUT2D eigenvalue weighted by Crippen LogP contribution is -2.34. The van der Waals surface area contributed by atoms with Gasteiger partial charge in [0.15, 0.2) is 0 Å². The van der Waals surface area contributed by atoms with E-state index in [1.165, 1.54) is 5.56 Å². The second-order valence-corrected chi connectivity index (χ2v) is 5.04. The molecule has 5 nitrogen and oxygen atoms in total. The number of nitrogens with zero attached hydrogens (tertiary/aromatic N) is 3. The predicted molar refractivity (Wildman–Crippen MR) is 83.8 cm³/mol. The normalized spacial score (nSPS) is 10.6. The molecule has 112 valence electrons. The maximum Gasteiger partial charge on any atom is 0.240 e. The second-order valence-electron chi connectivity index (χ2n) is 5.04. The second kappa shape index (κ2) is 7.71. The van der Waals surface area contributed by atoms with Gasteiger partial charge in [0.1, 0.15) is 0 Å². The Morgan fingerprint density at radius 3 is 2.43 bits per heavy atom. The molecule has 0 saturated carbocycles. The zero-order chi connectivity index (χ0) is 15.1. The summed E-state index contributed by atoms with van der Waals surface area (Å²) >= 11 is 0. The maximum absolute atomic E-state index is 5.98. The number of aromatic nitrogens is 2. The number of aryl methyl sites for hydroxylation is 2. The SMILES string of the molecule is Cc1cc(C)nc(N(N)CCCOCc2ccccc2)n1. The van der Waals surface area contributed by atoms with E-state index < -0.39 is 0 Å². The van der Waals surface area contributed by atoms with E-state index in [0.717, 1.165) is 17.8 Å². The number of hydrazine groups is 1. The molecule has 0 aliphatic heterocycles. The summed E-state index contributed by atoms with van der Waals surface area (Å²) in [6, 6.07) is 12.1. The summed E-state index contributed by atoms with van der Waals surface area (Å²) in [7, 11) is 0. The Morgan fingerprint density at radius 1 is 1.10 bits per heavy atom. The Labute approximate surface area is 125 Å². The summed E-state index contributed by atoms with van der Waals surface area (Å²) in [6.45, 7) is 5.83.